The number of benzene rings is 1. The van der Waals surface area contributed by atoms with E-state index in [1.807, 2.05) is 13.0 Å². The van der Waals surface area contributed by atoms with Crippen molar-refractivity contribution >= 4 is 23.4 Å². The molecule has 0 radical (unpaired) electrons. The Balaban J connectivity index is 2.15. The van der Waals surface area contributed by atoms with Crippen LogP contribution in [0, 0.1) is 0 Å². The lowest BCUT2D eigenvalue weighted by atomic mass is 10.2. The summed E-state index contributed by atoms with van der Waals surface area (Å²) in [5.41, 5.74) is 7.37. The van der Waals surface area contributed by atoms with Gasteiger partial charge in [-0.1, -0.05) is 0 Å². The van der Waals surface area contributed by atoms with Crippen LogP contribution in [0.5, 0.6) is 0 Å². The zero-order chi connectivity index (χ0) is 13.8. The fourth-order valence-electron chi connectivity index (χ4n) is 2.07. The van der Waals surface area contributed by atoms with E-state index in [1.54, 1.807) is 23.9 Å². The molecule has 0 aliphatic carbocycles. The molecule has 1 fully saturated rings. The van der Waals surface area contributed by atoms with Gasteiger partial charge in [0.05, 0.1) is 6.10 Å². The second-order valence-corrected chi connectivity index (χ2v) is 5.91. The highest BCUT2D eigenvalue weighted by molar-refractivity contribution is 8.00. The number of carbonyl (C=O) groups excluding carboxylic acids is 1. The number of anilines is 1. The van der Waals surface area contributed by atoms with E-state index in [2.05, 4.69) is 12.2 Å². The topological polar surface area (TPSA) is 64.4 Å². The van der Waals surface area contributed by atoms with Gasteiger partial charge in [0.2, 0.25) is 0 Å². The zero-order valence-electron chi connectivity index (χ0n) is 11.3. The standard InChI is InChI=1S/C14H20N2O2S/c1-3-16-14(17)10-4-5-11(15)13(8-10)19-12-6-7-18-9(12)2/h4-5,8-9,12H,3,6-7,15H2,1-2H3,(H,16,17). The molecule has 1 aliphatic heterocycles. The van der Waals surface area contributed by atoms with Gasteiger partial charge in [-0.2, -0.15) is 0 Å². The predicted octanol–water partition coefficient (Wildman–Crippen LogP) is 2.29. The largest absolute Gasteiger partial charge is 0.398 e. The highest BCUT2D eigenvalue weighted by atomic mass is 32.2. The van der Waals surface area contributed by atoms with Crippen molar-refractivity contribution < 1.29 is 9.53 Å². The molecular formula is C14H20N2O2S. The summed E-state index contributed by atoms with van der Waals surface area (Å²) in [6.07, 6.45) is 1.26. The molecular weight excluding hydrogens is 260 g/mol. The van der Waals surface area contributed by atoms with Gasteiger partial charge in [-0.25, -0.2) is 0 Å². The second-order valence-electron chi connectivity index (χ2n) is 4.63. The molecule has 3 N–H and O–H groups in total. The summed E-state index contributed by atoms with van der Waals surface area (Å²) in [5, 5.41) is 3.21. The minimum absolute atomic E-state index is 0.0555. The molecule has 5 heteroatoms. The van der Waals surface area contributed by atoms with Crippen molar-refractivity contribution in [3.63, 3.8) is 0 Å². The van der Waals surface area contributed by atoms with Crippen molar-refractivity contribution in [1.29, 1.82) is 0 Å². The number of amides is 1. The number of rotatable bonds is 4. The van der Waals surface area contributed by atoms with E-state index >= 15 is 0 Å². The van der Waals surface area contributed by atoms with Crippen LogP contribution < -0.4 is 11.1 Å². The Labute approximate surface area is 118 Å². The smallest absolute Gasteiger partial charge is 0.251 e. The molecule has 2 atom stereocenters. The second kappa shape index (κ2) is 6.30. The maximum atomic E-state index is 11.8. The molecule has 1 heterocycles. The molecule has 0 saturated carbocycles. The first-order valence-electron chi connectivity index (χ1n) is 6.57. The molecule has 1 aliphatic rings. The number of nitrogen functional groups attached to an aromatic ring is 1. The van der Waals surface area contributed by atoms with Gasteiger partial charge in [-0.05, 0) is 38.5 Å². The van der Waals surface area contributed by atoms with E-state index < -0.39 is 0 Å². The quantitative estimate of drug-likeness (QED) is 0.831. The SMILES string of the molecule is CCNC(=O)c1ccc(N)c(SC2CCOC2C)c1. The number of ether oxygens (including phenoxy) is 1. The number of carbonyl (C=O) groups is 1. The third kappa shape index (κ3) is 3.42. The van der Waals surface area contributed by atoms with E-state index in [0.717, 1.165) is 23.6 Å². The number of nitrogens with one attached hydrogen (secondary N) is 1. The van der Waals surface area contributed by atoms with Gasteiger partial charge in [0.15, 0.2) is 0 Å². The minimum Gasteiger partial charge on any atom is -0.398 e. The van der Waals surface area contributed by atoms with Crippen LogP contribution in [0.4, 0.5) is 5.69 Å². The van der Waals surface area contributed by atoms with Crippen molar-refractivity contribution in [3.05, 3.63) is 23.8 Å². The van der Waals surface area contributed by atoms with E-state index in [1.165, 1.54) is 0 Å². The molecule has 104 valence electrons. The molecule has 4 nitrogen and oxygen atoms in total. The van der Waals surface area contributed by atoms with Gasteiger partial charge in [0.25, 0.3) is 5.91 Å². The number of hydrogen-bond donors (Lipinski definition) is 2. The van der Waals surface area contributed by atoms with Crippen LogP contribution in [0.25, 0.3) is 0 Å². The van der Waals surface area contributed by atoms with Crippen molar-refractivity contribution in [3.8, 4) is 0 Å². The van der Waals surface area contributed by atoms with Gasteiger partial charge in [0.1, 0.15) is 0 Å². The highest BCUT2D eigenvalue weighted by Crippen LogP contribution is 2.36. The third-order valence-electron chi connectivity index (χ3n) is 3.20. The first-order valence-corrected chi connectivity index (χ1v) is 7.45. The minimum atomic E-state index is -0.0555. The van der Waals surface area contributed by atoms with Crippen molar-refractivity contribution in [2.45, 2.75) is 36.5 Å². The van der Waals surface area contributed by atoms with Crippen molar-refractivity contribution in [1.82, 2.24) is 5.32 Å². The van der Waals surface area contributed by atoms with Gasteiger partial charge >= 0.3 is 0 Å². The van der Waals surface area contributed by atoms with E-state index in [-0.39, 0.29) is 12.0 Å². The number of thioether (sulfide) groups is 1. The van der Waals surface area contributed by atoms with Crippen molar-refractivity contribution in [2.75, 3.05) is 18.9 Å². The van der Waals surface area contributed by atoms with Gasteiger partial charge in [0, 0.05) is 34.5 Å². The third-order valence-corrected chi connectivity index (χ3v) is 4.73. The fourth-order valence-corrected chi connectivity index (χ4v) is 3.28. The Hall–Kier alpha value is -1.20. The maximum Gasteiger partial charge on any atom is 0.251 e. The Bertz CT molecular complexity index is 465. The Morgan fingerprint density at radius 3 is 3.00 bits per heavy atom. The molecule has 1 aromatic rings. The summed E-state index contributed by atoms with van der Waals surface area (Å²) in [4.78, 5) is 12.8. The van der Waals surface area contributed by atoms with Crippen LogP contribution in [0.15, 0.2) is 23.1 Å². The Kier molecular flexibility index (Phi) is 4.71. The number of nitrogens with two attached hydrogens (primary N) is 1. The van der Waals surface area contributed by atoms with Crippen LogP contribution in [0.1, 0.15) is 30.6 Å². The molecule has 1 saturated heterocycles. The lowest BCUT2D eigenvalue weighted by Crippen LogP contribution is -2.22. The first-order chi connectivity index (χ1) is 9.11. The van der Waals surface area contributed by atoms with Crippen molar-refractivity contribution in [2.24, 2.45) is 0 Å². The normalized spacial score (nSPS) is 22.4. The average molecular weight is 280 g/mol. The summed E-state index contributed by atoms with van der Waals surface area (Å²) in [6.45, 7) is 5.41. The summed E-state index contributed by atoms with van der Waals surface area (Å²) < 4.78 is 5.55. The molecule has 1 aromatic carbocycles. The maximum absolute atomic E-state index is 11.8. The monoisotopic (exact) mass is 280 g/mol. The summed E-state index contributed by atoms with van der Waals surface area (Å²) >= 11 is 1.71. The predicted molar refractivity (Wildman–Crippen MR) is 78.5 cm³/mol. The molecule has 2 rings (SSSR count). The van der Waals surface area contributed by atoms with Gasteiger partial charge < -0.3 is 15.8 Å². The molecule has 0 spiro atoms. The van der Waals surface area contributed by atoms with Crippen LogP contribution in [-0.2, 0) is 4.74 Å². The first kappa shape index (κ1) is 14.2. The molecule has 0 aromatic heterocycles. The van der Waals surface area contributed by atoms with E-state index in [0.29, 0.717) is 17.4 Å². The molecule has 0 bridgehead atoms. The fraction of sp³-hybridized carbons (Fsp3) is 0.500. The lowest BCUT2D eigenvalue weighted by molar-refractivity contribution is 0.0955. The molecule has 2 unspecified atom stereocenters. The summed E-state index contributed by atoms with van der Waals surface area (Å²) in [5.74, 6) is -0.0555. The van der Waals surface area contributed by atoms with Crippen LogP contribution in [0.3, 0.4) is 0 Å². The van der Waals surface area contributed by atoms with Gasteiger partial charge in [-0.15, -0.1) is 11.8 Å². The molecule has 1 amide bonds. The summed E-state index contributed by atoms with van der Waals surface area (Å²) in [7, 11) is 0. The zero-order valence-corrected chi connectivity index (χ0v) is 12.1. The average Bonchev–Trinajstić information content (AvgIpc) is 2.78. The van der Waals surface area contributed by atoms with Gasteiger partial charge in [-0.3, -0.25) is 4.79 Å². The number of hydrogen-bond acceptors (Lipinski definition) is 4. The van der Waals surface area contributed by atoms with Crippen LogP contribution >= 0.6 is 11.8 Å². The Morgan fingerprint density at radius 2 is 2.37 bits per heavy atom. The van der Waals surface area contributed by atoms with Crippen LogP contribution in [0.2, 0.25) is 0 Å². The lowest BCUT2D eigenvalue weighted by Gasteiger charge is -2.15. The highest BCUT2D eigenvalue weighted by Gasteiger charge is 2.26. The molecule has 19 heavy (non-hydrogen) atoms. The summed E-state index contributed by atoms with van der Waals surface area (Å²) in [6, 6.07) is 5.43. The van der Waals surface area contributed by atoms with E-state index in [9.17, 15) is 4.79 Å². The van der Waals surface area contributed by atoms with E-state index in [4.69, 9.17) is 10.5 Å². The Morgan fingerprint density at radius 1 is 1.58 bits per heavy atom. The van der Waals surface area contributed by atoms with Crippen LogP contribution in [-0.4, -0.2) is 30.4 Å².